The van der Waals surface area contributed by atoms with Crippen molar-refractivity contribution in [2.24, 2.45) is 0 Å². The second kappa shape index (κ2) is 5.60. The lowest BCUT2D eigenvalue weighted by molar-refractivity contribution is -0.115. The molecule has 0 fully saturated rings. The van der Waals surface area contributed by atoms with E-state index in [9.17, 15) is 21.6 Å². The van der Waals surface area contributed by atoms with Crippen LogP contribution in [-0.4, -0.2) is 29.0 Å². The number of hydrogen-bond donors (Lipinski definition) is 2. The van der Waals surface area contributed by atoms with Crippen LogP contribution < -0.4 is 10.0 Å². The summed E-state index contributed by atoms with van der Waals surface area (Å²) in [6, 6.07) is 9.90. The Morgan fingerprint density at radius 1 is 1.00 bits per heavy atom. The molecule has 0 saturated heterocycles. The van der Waals surface area contributed by atoms with Gasteiger partial charge < -0.3 is 5.32 Å². The molecule has 0 spiro atoms. The molecule has 1 amide bonds. The monoisotopic (exact) mass is 366 g/mol. The van der Waals surface area contributed by atoms with Crippen molar-refractivity contribution in [3.05, 3.63) is 48.0 Å². The Morgan fingerprint density at radius 3 is 2.46 bits per heavy atom. The molecule has 0 unspecified atom stereocenters. The number of sulfone groups is 1. The SMILES string of the molecule is CS(=O)(=O)c1cccc(NS(=O)(=O)c2ccc3c(c2)CC(=O)N3)c1. The van der Waals surface area contributed by atoms with Crippen molar-refractivity contribution in [1.29, 1.82) is 0 Å². The molecule has 0 aliphatic carbocycles. The molecular formula is C15H14N2O5S2. The highest BCUT2D eigenvalue weighted by Gasteiger charge is 2.22. The van der Waals surface area contributed by atoms with Crippen LogP contribution in [0.15, 0.2) is 52.3 Å². The molecule has 9 heteroatoms. The normalized spacial score (nSPS) is 14.1. The molecule has 0 bridgehead atoms. The first kappa shape index (κ1) is 16.5. The van der Waals surface area contributed by atoms with E-state index < -0.39 is 19.9 Å². The Morgan fingerprint density at radius 2 is 1.75 bits per heavy atom. The lowest BCUT2D eigenvalue weighted by Crippen LogP contribution is -2.13. The van der Waals surface area contributed by atoms with E-state index in [-0.39, 0.29) is 27.8 Å². The number of carbonyl (C=O) groups is 1. The number of benzene rings is 2. The van der Waals surface area contributed by atoms with Crippen molar-refractivity contribution >= 4 is 37.1 Å². The second-order valence-corrected chi connectivity index (χ2v) is 9.15. The number of rotatable bonds is 4. The van der Waals surface area contributed by atoms with E-state index in [1.165, 1.54) is 42.5 Å². The molecule has 2 N–H and O–H groups in total. The maximum Gasteiger partial charge on any atom is 0.261 e. The minimum atomic E-state index is -3.90. The van der Waals surface area contributed by atoms with E-state index >= 15 is 0 Å². The van der Waals surface area contributed by atoms with E-state index in [4.69, 9.17) is 0 Å². The highest BCUT2D eigenvalue weighted by molar-refractivity contribution is 7.92. The smallest absolute Gasteiger partial charge is 0.261 e. The van der Waals surface area contributed by atoms with E-state index in [0.717, 1.165) is 6.26 Å². The first-order chi connectivity index (χ1) is 11.1. The summed E-state index contributed by atoms with van der Waals surface area (Å²) in [5.41, 5.74) is 1.35. The maximum atomic E-state index is 12.5. The average molecular weight is 366 g/mol. The van der Waals surface area contributed by atoms with Crippen LogP contribution in [0.4, 0.5) is 11.4 Å². The largest absolute Gasteiger partial charge is 0.326 e. The standard InChI is InChI=1S/C15H14N2O5S2/c1-23(19,20)12-4-2-3-11(9-12)17-24(21,22)13-5-6-14-10(7-13)8-15(18)16-14/h2-7,9,17H,8H2,1H3,(H,16,18). The Balaban J connectivity index is 1.93. The minimum absolute atomic E-state index is 0.00232. The summed E-state index contributed by atoms with van der Waals surface area (Å²) in [6.07, 6.45) is 1.17. The molecule has 7 nitrogen and oxygen atoms in total. The summed E-state index contributed by atoms with van der Waals surface area (Å²) >= 11 is 0. The van der Waals surface area contributed by atoms with Gasteiger partial charge >= 0.3 is 0 Å². The number of nitrogens with one attached hydrogen (secondary N) is 2. The molecule has 2 aromatic carbocycles. The molecule has 2 aromatic rings. The van der Waals surface area contributed by atoms with Crippen molar-refractivity contribution in [3.8, 4) is 0 Å². The van der Waals surface area contributed by atoms with E-state index in [0.29, 0.717) is 11.3 Å². The Labute approximate surface area is 139 Å². The highest BCUT2D eigenvalue weighted by atomic mass is 32.2. The fourth-order valence-electron chi connectivity index (χ4n) is 2.38. The van der Waals surface area contributed by atoms with E-state index in [1.807, 2.05) is 0 Å². The van der Waals surface area contributed by atoms with Crippen molar-refractivity contribution in [2.45, 2.75) is 16.2 Å². The third-order valence-corrected chi connectivity index (χ3v) is 6.02. The number of sulfonamides is 1. The Kier molecular flexibility index (Phi) is 3.84. The molecule has 1 heterocycles. The maximum absolute atomic E-state index is 12.5. The van der Waals surface area contributed by atoms with Crippen molar-refractivity contribution in [3.63, 3.8) is 0 Å². The number of hydrogen-bond acceptors (Lipinski definition) is 5. The summed E-state index contributed by atoms with van der Waals surface area (Å²) in [7, 11) is -7.34. The van der Waals surface area contributed by atoms with Crippen LogP contribution in [0.2, 0.25) is 0 Å². The van der Waals surface area contributed by atoms with Gasteiger partial charge in [0, 0.05) is 11.9 Å². The molecule has 1 aliphatic rings. The first-order valence-electron chi connectivity index (χ1n) is 6.91. The molecule has 0 aromatic heterocycles. The molecule has 1 aliphatic heterocycles. The first-order valence-corrected chi connectivity index (χ1v) is 10.3. The average Bonchev–Trinajstić information content (AvgIpc) is 2.85. The lowest BCUT2D eigenvalue weighted by Gasteiger charge is -2.10. The third kappa shape index (κ3) is 3.26. The zero-order valence-corrected chi connectivity index (χ0v) is 14.2. The van der Waals surface area contributed by atoms with Crippen LogP contribution in [0.5, 0.6) is 0 Å². The van der Waals surface area contributed by atoms with Crippen LogP contribution >= 0.6 is 0 Å². The predicted octanol–water partition coefficient (Wildman–Crippen LogP) is 1.39. The molecule has 126 valence electrons. The Bertz CT molecular complexity index is 1040. The van der Waals surface area contributed by atoms with Crippen LogP contribution in [0, 0.1) is 0 Å². The fourth-order valence-corrected chi connectivity index (χ4v) is 4.14. The third-order valence-electron chi connectivity index (χ3n) is 3.53. The van der Waals surface area contributed by atoms with Crippen LogP contribution in [0.3, 0.4) is 0 Å². The van der Waals surface area contributed by atoms with Gasteiger partial charge in [0.1, 0.15) is 0 Å². The van der Waals surface area contributed by atoms with Gasteiger partial charge in [-0.2, -0.15) is 0 Å². The van der Waals surface area contributed by atoms with Gasteiger partial charge in [-0.1, -0.05) is 6.07 Å². The lowest BCUT2D eigenvalue weighted by atomic mass is 10.2. The van der Waals surface area contributed by atoms with Crippen LogP contribution in [0.1, 0.15) is 5.56 Å². The van der Waals surface area contributed by atoms with Crippen molar-refractivity contribution < 1.29 is 21.6 Å². The summed E-state index contributed by atoms with van der Waals surface area (Å²) < 4.78 is 50.4. The second-order valence-electron chi connectivity index (χ2n) is 5.45. The summed E-state index contributed by atoms with van der Waals surface area (Å²) in [4.78, 5) is 11.4. The van der Waals surface area contributed by atoms with Gasteiger partial charge in [-0.05, 0) is 42.0 Å². The number of amides is 1. The quantitative estimate of drug-likeness (QED) is 0.850. The van der Waals surface area contributed by atoms with Crippen molar-refractivity contribution in [2.75, 3.05) is 16.3 Å². The minimum Gasteiger partial charge on any atom is -0.326 e. The van der Waals surface area contributed by atoms with Gasteiger partial charge in [0.2, 0.25) is 5.91 Å². The molecule has 3 rings (SSSR count). The van der Waals surface area contributed by atoms with E-state index in [1.54, 1.807) is 0 Å². The predicted molar refractivity (Wildman–Crippen MR) is 89.1 cm³/mol. The number of carbonyl (C=O) groups excluding carboxylic acids is 1. The fraction of sp³-hybridized carbons (Fsp3) is 0.133. The molecule has 0 radical (unpaired) electrons. The van der Waals surface area contributed by atoms with Gasteiger partial charge in [0.05, 0.1) is 21.9 Å². The summed E-state index contributed by atoms with van der Waals surface area (Å²) in [6.45, 7) is 0. The molecular weight excluding hydrogens is 352 g/mol. The summed E-state index contributed by atoms with van der Waals surface area (Å²) in [5, 5.41) is 2.63. The van der Waals surface area contributed by atoms with Gasteiger partial charge in [-0.25, -0.2) is 16.8 Å². The number of anilines is 2. The summed E-state index contributed by atoms with van der Waals surface area (Å²) in [5.74, 6) is -0.187. The zero-order valence-electron chi connectivity index (χ0n) is 12.6. The highest BCUT2D eigenvalue weighted by Crippen LogP contribution is 2.27. The van der Waals surface area contributed by atoms with Crippen LogP contribution in [0.25, 0.3) is 0 Å². The van der Waals surface area contributed by atoms with Gasteiger partial charge in [-0.15, -0.1) is 0 Å². The van der Waals surface area contributed by atoms with Gasteiger partial charge in [0.25, 0.3) is 10.0 Å². The van der Waals surface area contributed by atoms with Gasteiger partial charge in [0.15, 0.2) is 9.84 Å². The molecule has 24 heavy (non-hydrogen) atoms. The zero-order chi connectivity index (χ0) is 17.5. The topological polar surface area (TPSA) is 109 Å². The Hall–Kier alpha value is -2.39. The number of fused-ring (bicyclic) bond motifs is 1. The molecule has 0 saturated carbocycles. The van der Waals surface area contributed by atoms with Crippen LogP contribution in [-0.2, 0) is 31.1 Å². The van der Waals surface area contributed by atoms with E-state index in [2.05, 4.69) is 10.0 Å². The molecule has 0 atom stereocenters. The van der Waals surface area contributed by atoms with Gasteiger partial charge in [-0.3, -0.25) is 9.52 Å². The van der Waals surface area contributed by atoms with Crippen molar-refractivity contribution in [1.82, 2.24) is 0 Å².